The monoisotopic (exact) mass is 324 g/mol. The second-order valence-corrected chi connectivity index (χ2v) is 6.03. The quantitative estimate of drug-likeness (QED) is 0.905. The van der Waals surface area contributed by atoms with Crippen LogP contribution in [0.2, 0.25) is 0 Å². The van der Waals surface area contributed by atoms with Crippen molar-refractivity contribution in [3.05, 3.63) is 53.5 Å². The molecule has 2 aromatic rings. The second-order valence-electron chi connectivity index (χ2n) is 6.03. The second kappa shape index (κ2) is 7.21. The van der Waals surface area contributed by atoms with Gasteiger partial charge in [-0.2, -0.15) is 0 Å². The maximum absolute atomic E-state index is 12.4. The third kappa shape index (κ3) is 3.76. The number of nitrogens with one attached hydrogen (secondary N) is 2. The van der Waals surface area contributed by atoms with Gasteiger partial charge in [0.1, 0.15) is 0 Å². The van der Waals surface area contributed by atoms with Crippen LogP contribution in [0.5, 0.6) is 0 Å². The fraction of sp³-hybridized carbons (Fsp3) is 0.333. The van der Waals surface area contributed by atoms with Crippen LogP contribution in [0.1, 0.15) is 52.1 Å². The topological polar surface area (TPSA) is 84.0 Å². The Morgan fingerprint density at radius 2 is 1.67 bits per heavy atom. The van der Waals surface area contributed by atoms with Gasteiger partial charge < -0.3 is 10.6 Å². The van der Waals surface area contributed by atoms with E-state index in [1.54, 1.807) is 12.1 Å². The summed E-state index contributed by atoms with van der Waals surface area (Å²) in [6, 6.07) is 7.37. The summed E-state index contributed by atoms with van der Waals surface area (Å²) < 4.78 is 0. The van der Waals surface area contributed by atoms with E-state index < -0.39 is 0 Å². The van der Waals surface area contributed by atoms with Crippen LogP contribution in [0.4, 0.5) is 5.82 Å². The van der Waals surface area contributed by atoms with Gasteiger partial charge >= 0.3 is 0 Å². The number of anilines is 1. The summed E-state index contributed by atoms with van der Waals surface area (Å²) in [7, 11) is 0. The average Bonchev–Trinajstić information content (AvgIpc) is 3.09. The van der Waals surface area contributed by atoms with Gasteiger partial charge in [0, 0.05) is 24.0 Å². The molecule has 24 heavy (non-hydrogen) atoms. The Balaban J connectivity index is 1.74. The third-order valence-corrected chi connectivity index (χ3v) is 4.15. The van der Waals surface area contributed by atoms with Crippen LogP contribution in [0, 0.1) is 6.92 Å². The first-order valence-corrected chi connectivity index (χ1v) is 8.13. The van der Waals surface area contributed by atoms with Gasteiger partial charge in [-0.15, -0.1) is 0 Å². The predicted octanol–water partition coefficient (Wildman–Crippen LogP) is 2.71. The van der Waals surface area contributed by atoms with E-state index in [9.17, 15) is 9.59 Å². The number of aromatic nitrogens is 2. The molecule has 0 spiro atoms. The zero-order valence-electron chi connectivity index (χ0n) is 13.6. The molecule has 3 rings (SSSR count). The Morgan fingerprint density at radius 1 is 1.00 bits per heavy atom. The van der Waals surface area contributed by atoms with E-state index in [0.717, 1.165) is 31.2 Å². The number of hydrogen-bond acceptors (Lipinski definition) is 4. The number of amides is 2. The Kier molecular flexibility index (Phi) is 4.84. The van der Waals surface area contributed by atoms with E-state index in [1.807, 2.05) is 19.1 Å². The van der Waals surface area contributed by atoms with E-state index in [4.69, 9.17) is 0 Å². The van der Waals surface area contributed by atoms with E-state index >= 15 is 0 Å². The molecular formula is C18H20N4O2. The Labute approximate surface area is 140 Å². The van der Waals surface area contributed by atoms with Crippen LogP contribution in [-0.2, 0) is 0 Å². The van der Waals surface area contributed by atoms with Gasteiger partial charge in [-0.05, 0) is 31.9 Å². The van der Waals surface area contributed by atoms with Gasteiger partial charge in [-0.3, -0.25) is 9.59 Å². The zero-order chi connectivity index (χ0) is 16.9. The molecule has 2 N–H and O–H groups in total. The number of carbonyl (C=O) groups is 2. The lowest BCUT2D eigenvalue weighted by atomic mass is 10.1. The molecule has 1 fully saturated rings. The molecule has 0 aliphatic heterocycles. The van der Waals surface area contributed by atoms with Crippen molar-refractivity contribution < 1.29 is 9.59 Å². The first-order chi connectivity index (χ1) is 11.6. The maximum Gasteiger partial charge on any atom is 0.273 e. The molecule has 1 aliphatic rings. The third-order valence-electron chi connectivity index (χ3n) is 4.15. The Hall–Kier alpha value is -2.76. The van der Waals surface area contributed by atoms with Crippen molar-refractivity contribution in [2.24, 2.45) is 0 Å². The summed E-state index contributed by atoms with van der Waals surface area (Å²) in [5, 5.41) is 5.64. The summed E-state index contributed by atoms with van der Waals surface area (Å²) in [6.07, 6.45) is 7.13. The molecule has 0 bridgehead atoms. The molecule has 0 atom stereocenters. The number of rotatable bonds is 4. The first-order valence-electron chi connectivity index (χ1n) is 8.13. The first kappa shape index (κ1) is 16.1. The molecule has 0 unspecified atom stereocenters. The highest BCUT2D eigenvalue weighted by Crippen LogP contribution is 2.19. The minimum Gasteiger partial charge on any atom is -0.348 e. The molecule has 6 heteroatoms. The Morgan fingerprint density at radius 3 is 2.38 bits per heavy atom. The lowest BCUT2D eigenvalue weighted by Gasteiger charge is -2.13. The lowest BCUT2D eigenvalue weighted by Crippen LogP contribution is -2.34. The van der Waals surface area contributed by atoms with Gasteiger partial charge in [0.2, 0.25) is 0 Å². The van der Waals surface area contributed by atoms with E-state index in [2.05, 4.69) is 20.6 Å². The normalized spacial score (nSPS) is 14.4. The Bertz CT molecular complexity index is 737. The summed E-state index contributed by atoms with van der Waals surface area (Å²) in [5.74, 6) is -0.432. The summed E-state index contributed by atoms with van der Waals surface area (Å²) in [4.78, 5) is 32.9. The van der Waals surface area contributed by atoms with Gasteiger partial charge in [0.15, 0.2) is 11.5 Å². The van der Waals surface area contributed by atoms with Crippen molar-refractivity contribution in [2.45, 2.75) is 38.6 Å². The van der Waals surface area contributed by atoms with Gasteiger partial charge in [0.05, 0.1) is 0 Å². The zero-order valence-corrected chi connectivity index (χ0v) is 13.6. The fourth-order valence-electron chi connectivity index (χ4n) is 2.80. The van der Waals surface area contributed by atoms with Crippen molar-refractivity contribution in [3.8, 4) is 0 Å². The summed E-state index contributed by atoms with van der Waals surface area (Å²) in [5.41, 5.74) is 1.72. The molecular weight excluding hydrogens is 304 g/mol. The van der Waals surface area contributed by atoms with Crippen LogP contribution < -0.4 is 10.6 Å². The molecule has 1 heterocycles. The van der Waals surface area contributed by atoms with Crippen molar-refractivity contribution in [2.75, 3.05) is 5.32 Å². The molecule has 0 radical (unpaired) electrons. The van der Waals surface area contributed by atoms with E-state index in [-0.39, 0.29) is 29.4 Å². The van der Waals surface area contributed by atoms with Gasteiger partial charge in [-0.25, -0.2) is 9.97 Å². The minimum absolute atomic E-state index is 0.143. The molecule has 6 nitrogen and oxygen atoms in total. The molecule has 1 aromatic carbocycles. The van der Waals surface area contributed by atoms with Crippen LogP contribution >= 0.6 is 0 Å². The number of aryl methyl sites for hydroxylation is 1. The molecule has 1 saturated carbocycles. The van der Waals surface area contributed by atoms with E-state index in [1.165, 1.54) is 12.4 Å². The summed E-state index contributed by atoms with van der Waals surface area (Å²) >= 11 is 0. The van der Waals surface area contributed by atoms with Gasteiger partial charge in [0.25, 0.3) is 11.8 Å². The highest BCUT2D eigenvalue weighted by molar-refractivity contribution is 6.07. The number of nitrogens with zero attached hydrogens (tertiary/aromatic N) is 2. The number of carbonyl (C=O) groups excluding carboxylic acids is 2. The maximum atomic E-state index is 12.4. The predicted molar refractivity (Wildman–Crippen MR) is 90.9 cm³/mol. The molecule has 0 saturated heterocycles. The molecule has 124 valence electrons. The summed E-state index contributed by atoms with van der Waals surface area (Å²) in [6.45, 7) is 1.95. The van der Waals surface area contributed by atoms with Crippen molar-refractivity contribution in [1.82, 2.24) is 15.3 Å². The SMILES string of the molecule is Cc1ccc(C(=O)Nc2nccnc2C(=O)NC2CCCC2)cc1. The number of benzene rings is 1. The molecule has 1 aromatic heterocycles. The molecule has 1 aliphatic carbocycles. The van der Waals surface area contributed by atoms with Crippen LogP contribution in [0.3, 0.4) is 0 Å². The van der Waals surface area contributed by atoms with Crippen LogP contribution in [0.15, 0.2) is 36.7 Å². The van der Waals surface area contributed by atoms with Crippen LogP contribution in [-0.4, -0.2) is 27.8 Å². The van der Waals surface area contributed by atoms with Crippen molar-refractivity contribution >= 4 is 17.6 Å². The van der Waals surface area contributed by atoms with Crippen molar-refractivity contribution in [1.29, 1.82) is 0 Å². The number of hydrogen-bond donors (Lipinski definition) is 2. The van der Waals surface area contributed by atoms with Crippen LogP contribution in [0.25, 0.3) is 0 Å². The van der Waals surface area contributed by atoms with Gasteiger partial charge in [-0.1, -0.05) is 30.5 Å². The highest BCUT2D eigenvalue weighted by Gasteiger charge is 2.22. The highest BCUT2D eigenvalue weighted by atomic mass is 16.2. The average molecular weight is 324 g/mol. The lowest BCUT2D eigenvalue weighted by molar-refractivity contribution is 0.0933. The van der Waals surface area contributed by atoms with Crippen molar-refractivity contribution in [3.63, 3.8) is 0 Å². The largest absolute Gasteiger partial charge is 0.348 e. The standard InChI is InChI=1S/C18H20N4O2/c1-12-6-8-13(9-7-12)17(23)22-16-15(19-10-11-20-16)18(24)21-14-4-2-3-5-14/h6-11,14H,2-5H2,1H3,(H,21,24)(H,20,22,23). The van der Waals surface area contributed by atoms with E-state index in [0.29, 0.717) is 5.56 Å². The smallest absolute Gasteiger partial charge is 0.273 e. The fourth-order valence-corrected chi connectivity index (χ4v) is 2.80. The minimum atomic E-state index is -0.314. The molecule has 2 amide bonds.